The third-order valence-electron chi connectivity index (χ3n) is 2.56. The molecule has 1 fully saturated rings. The van der Waals surface area contributed by atoms with Crippen molar-refractivity contribution in [1.29, 1.82) is 0 Å². The van der Waals surface area contributed by atoms with Crippen LogP contribution < -0.4 is 0 Å². The van der Waals surface area contributed by atoms with Crippen LogP contribution in [0.5, 0.6) is 0 Å². The first-order chi connectivity index (χ1) is 7.56. The monoisotopic (exact) mass is 259 g/mol. The van der Waals surface area contributed by atoms with Gasteiger partial charge in [0.25, 0.3) is 5.91 Å². The number of rotatable bonds is 1. The predicted molar refractivity (Wildman–Crippen MR) is 63.0 cm³/mol. The number of nitrogens with zero attached hydrogens (tertiary/aromatic N) is 1. The largest absolute Gasteiger partial charge is 0.391 e. The van der Waals surface area contributed by atoms with Gasteiger partial charge in [0.15, 0.2) is 0 Å². The van der Waals surface area contributed by atoms with Gasteiger partial charge >= 0.3 is 0 Å². The number of carbonyl (C=O) groups excluding carboxylic acids is 1. The molecule has 1 atom stereocenters. The molecule has 3 nitrogen and oxygen atoms in total. The lowest BCUT2D eigenvalue weighted by atomic mass is 10.2. The van der Waals surface area contributed by atoms with E-state index in [1.807, 2.05) is 0 Å². The molecule has 0 aromatic heterocycles. The number of aliphatic hydroxyl groups excluding tert-OH is 1. The van der Waals surface area contributed by atoms with Gasteiger partial charge in [-0.25, -0.2) is 0 Å². The summed E-state index contributed by atoms with van der Waals surface area (Å²) < 4.78 is 0. The van der Waals surface area contributed by atoms with Crippen molar-refractivity contribution in [2.75, 3.05) is 13.1 Å². The predicted octanol–water partition coefficient (Wildman–Crippen LogP) is 2.20. The van der Waals surface area contributed by atoms with Gasteiger partial charge in [-0.15, -0.1) is 0 Å². The van der Waals surface area contributed by atoms with Gasteiger partial charge in [-0.2, -0.15) is 0 Å². The van der Waals surface area contributed by atoms with Crippen molar-refractivity contribution >= 4 is 29.1 Å². The topological polar surface area (TPSA) is 40.5 Å². The molecule has 1 N–H and O–H groups in total. The molecular formula is C11H11Cl2NO2. The summed E-state index contributed by atoms with van der Waals surface area (Å²) in [4.78, 5) is 13.6. The molecule has 0 radical (unpaired) electrons. The van der Waals surface area contributed by atoms with E-state index in [0.29, 0.717) is 35.1 Å². The van der Waals surface area contributed by atoms with E-state index in [0.717, 1.165) is 0 Å². The van der Waals surface area contributed by atoms with Crippen molar-refractivity contribution < 1.29 is 9.90 Å². The standard InChI is InChI=1S/C11H11Cl2NO2/c12-8-3-7(4-9(13)5-8)11(16)14-2-1-10(15)6-14/h3-5,10,15H,1-2,6H2/t10-/m1/s1. The molecule has 1 amide bonds. The average molecular weight is 260 g/mol. The Morgan fingerprint density at radius 2 is 1.94 bits per heavy atom. The average Bonchev–Trinajstić information content (AvgIpc) is 2.62. The number of benzene rings is 1. The number of likely N-dealkylation sites (tertiary alicyclic amines) is 1. The smallest absolute Gasteiger partial charge is 0.254 e. The van der Waals surface area contributed by atoms with Crippen LogP contribution in [0.15, 0.2) is 18.2 Å². The molecule has 2 rings (SSSR count). The van der Waals surface area contributed by atoms with Crippen LogP contribution in [0.3, 0.4) is 0 Å². The van der Waals surface area contributed by atoms with E-state index in [9.17, 15) is 9.90 Å². The minimum absolute atomic E-state index is 0.138. The maximum Gasteiger partial charge on any atom is 0.254 e. The molecule has 1 heterocycles. The Labute approximate surface area is 104 Å². The number of aliphatic hydroxyl groups is 1. The van der Waals surface area contributed by atoms with Gasteiger partial charge in [0.1, 0.15) is 0 Å². The van der Waals surface area contributed by atoms with E-state index < -0.39 is 6.10 Å². The fourth-order valence-electron chi connectivity index (χ4n) is 1.79. The molecular weight excluding hydrogens is 249 g/mol. The summed E-state index contributed by atoms with van der Waals surface area (Å²) in [6, 6.07) is 4.75. The third-order valence-corrected chi connectivity index (χ3v) is 3.00. The maximum absolute atomic E-state index is 12.0. The lowest BCUT2D eigenvalue weighted by Crippen LogP contribution is -2.29. The number of carbonyl (C=O) groups is 1. The second-order valence-corrected chi connectivity index (χ2v) is 4.72. The lowest BCUT2D eigenvalue weighted by molar-refractivity contribution is 0.0765. The van der Waals surface area contributed by atoms with Crippen LogP contribution in [-0.4, -0.2) is 35.1 Å². The SMILES string of the molecule is O=C(c1cc(Cl)cc(Cl)c1)N1CC[C@@H](O)C1. The fourth-order valence-corrected chi connectivity index (χ4v) is 2.31. The van der Waals surface area contributed by atoms with Gasteiger partial charge in [0.05, 0.1) is 6.10 Å². The highest BCUT2D eigenvalue weighted by Gasteiger charge is 2.25. The first-order valence-electron chi connectivity index (χ1n) is 4.99. The summed E-state index contributed by atoms with van der Waals surface area (Å²) in [5.74, 6) is -0.138. The third kappa shape index (κ3) is 2.48. The van der Waals surface area contributed by atoms with Crippen molar-refractivity contribution in [3.8, 4) is 0 Å². The Hall–Kier alpha value is -0.770. The van der Waals surface area contributed by atoms with Crippen LogP contribution in [0.25, 0.3) is 0 Å². The molecule has 1 aliphatic heterocycles. The summed E-state index contributed by atoms with van der Waals surface area (Å²) in [7, 11) is 0. The zero-order valence-corrected chi connectivity index (χ0v) is 10.0. The Kier molecular flexibility index (Phi) is 3.38. The van der Waals surface area contributed by atoms with Gasteiger partial charge < -0.3 is 10.0 Å². The van der Waals surface area contributed by atoms with E-state index in [-0.39, 0.29) is 5.91 Å². The van der Waals surface area contributed by atoms with E-state index >= 15 is 0 Å². The second kappa shape index (κ2) is 4.62. The van der Waals surface area contributed by atoms with Gasteiger partial charge in [0.2, 0.25) is 0 Å². The number of hydrogen-bond acceptors (Lipinski definition) is 2. The second-order valence-electron chi connectivity index (χ2n) is 3.85. The van der Waals surface area contributed by atoms with Gasteiger partial charge in [-0.05, 0) is 24.6 Å². The van der Waals surface area contributed by atoms with Crippen LogP contribution in [-0.2, 0) is 0 Å². The van der Waals surface area contributed by atoms with Crippen molar-refractivity contribution in [1.82, 2.24) is 4.90 Å². The van der Waals surface area contributed by atoms with Crippen LogP contribution in [0.2, 0.25) is 10.0 Å². The molecule has 1 aromatic rings. The summed E-state index contributed by atoms with van der Waals surface area (Å²) in [5, 5.41) is 10.2. The molecule has 0 saturated carbocycles. The first-order valence-corrected chi connectivity index (χ1v) is 5.75. The van der Waals surface area contributed by atoms with Gasteiger partial charge in [0, 0.05) is 28.7 Å². The molecule has 86 valence electrons. The molecule has 1 aliphatic rings. The zero-order valence-electron chi connectivity index (χ0n) is 8.49. The number of β-amino-alcohol motifs (C(OH)–C–C–N with tert-alkyl or cyclic N) is 1. The van der Waals surface area contributed by atoms with Crippen LogP contribution in [0, 0.1) is 0 Å². The van der Waals surface area contributed by atoms with Crippen molar-refractivity contribution in [3.63, 3.8) is 0 Å². The lowest BCUT2D eigenvalue weighted by Gasteiger charge is -2.15. The fraction of sp³-hybridized carbons (Fsp3) is 0.364. The Morgan fingerprint density at radius 3 is 2.44 bits per heavy atom. The van der Waals surface area contributed by atoms with Gasteiger partial charge in [-0.3, -0.25) is 4.79 Å². The minimum atomic E-state index is -0.418. The molecule has 0 bridgehead atoms. The first kappa shape index (κ1) is 11.7. The van der Waals surface area contributed by atoms with E-state index in [1.165, 1.54) is 0 Å². The highest BCUT2D eigenvalue weighted by atomic mass is 35.5. The molecule has 1 saturated heterocycles. The molecule has 5 heteroatoms. The normalized spacial score (nSPS) is 20.2. The van der Waals surface area contributed by atoms with E-state index in [2.05, 4.69) is 0 Å². The molecule has 1 aromatic carbocycles. The van der Waals surface area contributed by atoms with Crippen LogP contribution in [0.4, 0.5) is 0 Å². The summed E-state index contributed by atoms with van der Waals surface area (Å²) in [5.41, 5.74) is 0.464. The zero-order chi connectivity index (χ0) is 11.7. The number of halogens is 2. The van der Waals surface area contributed by atoms with Crippen LogP contribution in [0.1, 0.15) is 16.8 Å². The van der Waals surface area contributed by atoms with Crippen molar-refractivity contribution in [3.05, 3.63) is 33.8 Å². The van der Waals surface area contributed by atoms with Gasteiger partial charge in [-0.1, -0.05) is 23.2 Å². The summed E-state index contributed by atoms with van der Waals surface area (Å²) in [6.07, 6.45) is 0.207. The van der Waals surface area contributed by atoms with Crippen LogP contribution >= 0.6 is 23.2 Å². The van der Waals surface area contributed by atoms with E-state index in [4.69, 9.17) is 23.2 Å². The highest BCUT2D eigenvalue weighted by Crippen LogP contribution is 2.21. The Bertz CT molecular complexity index is 402. The molecule has 0 aliphatic carbocycles. The summed E-state index contributed by atoms with van der Waals surface area (Å²) >= 11 is 11.6. The minimum Gasteiger partial charge on any atom is -0.391 e. The Morgan fingerprint density at radius 1 is 1.31 bits per heavy atom. The molecule has 16 heavy (non-hydrogen) atoms. The Balaban J connectivity index is 2.20. The molecule has 0 unspecified atom stereocenters. The number of amides is 1. The molecule has 0 spiro atoms. The summed E-state index contributed by atoms with van der Waals surface area (Å²) in [6.45, 7) is 0.951. The van der Waals surface area contributed by atoms with E-state index in [1.54, 1.807) is 23.1 Å². The highest BCUT2D eigenvalue weighted by molar-refractivity contribution is 6.35. The van der Waals surface area contributed by atoms with Crippen molar-refractivity contribution in [2.45, 2.75) is 12.5 Å². The quantitative estimate of drug-likeness (QED) is 0.840. The maximum atomic E-state index is 12.0. The number of hydrogen-bond donors (Lipinski definition) is 1. The van der Waals surface area contributed by atoms with Crippen molar-refractivity contribution in [2.24, 2.45) is 0 Å².